The van der Waals surface area contributed by atoms with Crippen molar-refractivity contribution in [1.82, 2.24) is 0 Å². The highest BCUT2D eigenvalue weighted by Gasteiger charge is 2.39. The topological polar surface area (TPSA) is 70.0 Å². The summed E-state index contributed by atoms with van der Waals surface area (Å²) in [6.45, 7) is 0.115. The second kappa shape index (κ2) is 7.76. The van der Waals surface area contributed by atoms with Crippen molar-refractivity contribution in [2.45, 2.75) is 31.7 Å². The molecule has 0 bridgehead atoms. The molecule has 1 N–H and O–H groups in total. The van der Waals surface area contributed by atoms with E-state index in [-0.39, 0.29) is 24.8 Å². The number of hydrogen-bond acceptors (Lipinski definition) is 3. The van der Waals surface area contributed by atoms with Crippen LogP contribution < -0.4 is 4.90 Å². The molecule has 1 unspecified atom stereocenters. The molecule has 5 nitrogen and oxygen atoms in total. The van der Waals surface area contributed by atoms with Gasteiger partial charge in [-0.2, -0.15) is 0 Å². The normalized spacial score (nSPS) is 19.5. The number of rotatable bonds is 5. The van der Waals surface area contributed by atoms with Crippen LogP contribution in [0.3, 0.4) is 0 Å². The van der Waals surface area contributed by atoms with Crippen LogP contribution in [-0.4, -0.2) is 35.3 Å². The van der Waals surface area contributed by atoms with Gasteiger partial charge in [0.25, 0.3) is 5.91 Å². The highest BCUT2D eigenvalue weighted by atomic mass is 35.5. The minimum Gasteiger partial charge on any atom is -0.481 e. The molecule has 2 aromatic carbocycles. The fraction of sp³-hybridized carbons (Fsp3) is 0.318. The number of carbonyl (C=O) groups is 2. The van der Waals surface area contributed by atoms with Crippen molar-refractivity contribution in [3.8, 4) is 0 Å². The van der Waals surface area contributed by atoms with Crippen molar-refractivity contribution in [3.63, 3.8) is 0 Å². The minimum atomic E-state index is -0.933. The van der Waals surface area contributed by atoms with Gasteiger partial charge in [-0.05, 0) is 37.0 Å². The number of hydrogen-bond donors (Lipinski definition) is 1. The molecule has 0 spiro atoms. The molecular weight excluding hydrogens is 376 g/mol. The molecule has 1 saturated carbocycles. The number of aliphatic carboxylic acids is 1. The van der Waals surface area contributed by atoms with E-state index in [1.165, 1.54) is 0 Å². The Hall–Kier alpha value is -2.66. The molecule has 1 aliphatic heterocycles. The number of benzene rings is 2. The van der Waals surface area contributed by atoms with Gasteiger partial charge in [-0.25, -0.2) is 0 Å². The summed E-state index contributed by atoms with van der Waals surface area (Å²) in [7, 11) is 0. The molecule has 0 saturated heterocycles. The van der Waals surface area contributed by atoms with Gasteiger partial charge < -0.3 is 10.0 Å². The lowest BCUT2D eigenvalue weighted by Crippen LogP contribution is -2.44. The van der Waals surface area contributed by atoms with Crippen LogP contribution in [0.1, 0.15) is 36.8 Å². The second-order valence-corrected chi connectivity index (χ2v) is 7.71. The third kappa shape index (κ3) is 3.54. The van der Waals surface area contributed by atoms with Gasteiger partial charge in [-0.3, -0.25) is 14.6 Å². The lowest BCUT2D eigenvalue weighted by atomic mass is 9.79. The zero-order valence-corrected chi connectivity index (χ0v) is 16.1. The maximum atomic E-state index is 13.4. The Morgan fingerprint density at radius 1 is 1.18 bits per heavy atom. The van der Waals surface area contributed by atoms with Crippen LogP contribution >= 0.6 is 11.6 Å². The average Bonchev–Trinajstić information content (AvgIpc) is 2.75. The van der Waals surface area contributed by atoms with Crippen LogP contribution in [0.4, 0.5) is 5.69 Å². The summed E-state index contributed by atoms with van der Waals surface area (Å²) in [5.74, 6) is -0.860. The molecule has 1 aliphatic carbocycles. The Bertz CT molecular complexity index is 938. The fourth-order valence-corrected chi connectivity index (χ4v) is 3.97. The first-order valence-electron chi connectivity index (χ1n) is 9.51. The summed E-state index contributed by atoms with van der Waals surface area (Å²) in [5, 5.41) is 9.72. The van der Waals surface area contributed by atoms with E-state index in [1.54, 1.807) is 17.0 Å². The summed E-state index contributed by atoms with van der Waals surface area (Å²) >= 11 is 6.28. The summed E-state index contributed by atoms with van der Waals surface area (Å²) in [5.41, 5.74) is 3.09. The second-order valence-electron chi connectivity index (χ2n) is 7.27. The Kier molecular flexibility index (Phi) is 5.18. The van der Waals surface area contributed by atoms with Gasteiger partial charge in [-0.15, -0.1) is 0 Å². The van der Waals surface area contributed by atoms with Gasteiger partial charge >= 0.3 is 5.97 Å². The number of anilines is 1. The number of carboxylic acids is 1. The van der Waals surface area contributed by atoms with Crippen LogP contribution in [0.25, 0.3) is 0 Å². The highest BCUT2D eigenvalue weighted by molar-refractivity contribution is 6.32. The Morgan fingerprint density at radius 3 is 2.57 bits per heavy atom. The molecule has 28 heavy (non-hydrogen) atoms. The van der Waals surface area contributed by atoms with Crippen molar-refractivity contribution >= 4 is 34.9 Å². The molecule has 1 heterocycles. The van der Waals surface area contributed by atoms with E-state index in [4.69, 9.17) is 21.7 Å². The van der Waals surface area contributed by atoms with Crippen LogP contribution in [0.5, 0.6) is 0 Å². The van der Waals surface area contributed by atoms with Crippen molar-refractivity contribution in [3.05, 3.63) is 64.7 Å². The summed E-state index contributed by atoms with van der Waals surface area (Å²) < 4.78 is 0. The lowest BCUT2D eigenvalue weighted by molar-refractivity contribution is -0.136. The highest BCUT2D eigenvalue weighted by Crippen LogP contribution is 2.37. The maximum Gasteiger partial charge on any atom is 0.305 e. The molecule has 1 amide bonds. The molecule has 2 aliphatic rings. The van der Waals surface area contributed by atoms with Crippen LogP contribution in [0, 0.1) is 5.92 Å². The molecule has 4 rings (SSSR count). The number of nitrogens with zero attached hydrogens (tertiary/aromatic N) is 2. The van der Waals surface area contributed by atoms with Gasteiger partial charge in [0.2, 0.25) is 0 Å². The Balaban J connectivity index is 1.88. The van der Waals surface area contributed by atoms with Gasteiger partial charge in [0, 0.05) is 22.7 Å². The van der Waals surface area contributed by atoms with Gasteiger partial charge in [0.05, 0.1) is 17.8 Å². The third-order valence-electron chi connectivity index (χ3n) is 5.48. The predicted molar refractivity (Wildman–Crippen MR) is 109 cm³/mol. The van der Waals surface area contributed by atoms with E-state index in [9.17, 15) is 9.59 Å². The SMILES string of the molecule is O=C(O)CCN1C(=O)C(C2CCC2)N=C(c2ccccc2)c2cc(Cl)ccc21. The number of carbonyl (C=O) groups excluding carboxylic acids is 1. The van der Waals surface area contributed by atoms with Gasteiger partial charge in [0.1, 0.15) is 6.04 Å². The standard InChI is InChI=1S/C22H21ClN2O3/c23-16-9-10-18-17(13-16)20(14-5-2-1-3-6-14)24-21(15-7-4-8-15)22(28)25(18)12-11-19(26)27/h1-3,5-6,9-10,13,15,21H,4,7-8,11-12H2,(H,26,27). The van der Waals surface area contributed by atoms with Crippen molar-refractivity contribution < 1.29 is 14.7 Å². The molecule has 1 atom stereocenters. The quantitative estimate of drug-likeness (QED) is 0.824. The maximum absolute atomic E-state index is 13.4. The Morgan fingerprint density at radius 2 is 1.93 bits per heavy atom. The van der Waals surface area contributed by atoms with Crippen LogP contribution in [0.15, 0.2) is 53.5 Å². The van der Waals surface area contributed by atoms with E-state index in [1.807, 2.05) is 36.4 Å². The third-order valence-corrected chi connectivity index (χ3v) is 5.72. The average molecular weight is 397 g/mol. The smallest absolute Gasteiger partial charge is 0.305 e. The molecule has 6 heteroatoms. The van der Waals surface area contributed by atoms with E-state index in [0.717, 1.165) is 36.1 Å². The van der Waals surface area contributed by atoms with Crippen LogP contribution in [0.2, 0.25) is 5.02 Å². The number of amides is 1. The van der Waals surface area contributed by atoms with E-state index >= 15 is 0 Å². The lowest BCUT2D eigenvalue weighted by Gasteiger charge is -2.33. The molecular formula is C22H21ClN2O3. The fourth-order valence-electron chi connectivity index (χ4n) is 3.80. The first-order chi connectivity index (χ1) is 13.5. The number of carboxylic acid groups (broad SMARTS) is 1. The minimum absolute atomic E-state index is 0.115. The number of aliphatic imine (C=N–C) groups is 1. The molecule has 144 valence electrons. The number of fused-ring (bicyclic) bond motifs is 1. The largest absolute Gasteiger partial charge is 0.481 e. The number of halogens is 1. The summed E-state index contributed by atoms with van der Waals surface area (Å²) in [6, 6.07) is 14.6. The zero-order chi connectivity index (χ0) is 19.7. The Labute approximate surface area is 168 Å². The number of benzodiazepines with no additional fused rings is 1. The first kappa shape index (κ1) is 18.7. The van der Waals surface area contributed by atoms with Crippen molar-refractivity contribution in [2.24, 2.45) is 10.9 Å². The molecule has 0 radical (unpaired) electrons. The first-order valence-corrected chi connectivity index (χ1v) is 9.88. The predicted octanol–water partition coefficient (Wildman–Crippen LogP) is 4.17. The van der Waals surface area contributed by atoms with Crippen molar-refractivity contribution in [2.75, 3.05) is 11.4 Å². The zero-order valence-electron chi connectivity index (χ0n) is 15.3. The van der Waals surface area contributed by atoms with Gasteiger partial charge in [0.15, 0.2) is 0 Å². The van der Waals surface area contributed by atoms with E-state index in [0.29, 0.717) is 10.7 Å². The summed E-state index contributed by atoms with van der Waals surface area (Å²) in [6.07, 6.45) is 2.90. The van der Waals surface area contributed by atoms with E-state index in [2.05, 4.69) is 0 Å². The van der Waals surface area contributed by atoms with E-state index < -0.39 is 12.0 Å². The van der Waals surface area contributed by atoms with Gasteiger partial charge in [-0.1, -0.05) is 48.4 Å². The van der Waals surface area contributed by atoms with Crippen LogP contribution in [-0.2, 0) is 9.59 Å². The molecule has 1 fully saturated rings. The monoisotopic (exact) mass is 396 g/mol. The summed E-state index contributed by atoms with van der Waals surface area (Å²) in [4.78, 5) is 31.1. The molecule has 2 aromatic rings. The van der Waals surface area contributed by atoms with Crippen molar-refractivity contribution in [1.29, 1.82) is 0 Å². The molecule has 0 aromatic heterocycles.